The molecular formula is C15H22N6O. The van der Waals surface area contributed by atoms with E-state index in [4.69, 9.17) is 12.2 Å². The molecule has 0 radical (unpaired) electrons. The lowest BCUT2D eigenvalue weighted by atomic mass is 10.0. The molecule has 1 aliphatic rings. The van der Waals surface area contributed by atoms with Crippen molar-refractivity contribution in [2.75, 3.05) is 6.54 Å². The normalized spacial score (nSPS) is 16.1. The second kappa shape index (κ2) is 6.71. The van der Waals surface area contributed by atoms with Crippen LogP contribution in [0.25, 0.3) is 0 Å². The van der Waals surface area contributed by atoms with Crippen LogP contribution in [-0.2, 0) is 18.3 Å². The Hall–Kier alpha value is -2.20. The number of nitrogens with zero attached hydrogens (tertiary/aromatic N) is 4. The molecule has 0 spiro atoms. The fourth-order valence-electron chi connectivity index (χ4n) is 2.26. The van der Waals surface area contributed by atoms with E-state index in [-0.39, 0.29) is 11.6 Å². The van der Waals surface area contributed by atoms with Crippen LogP contribution in [-0.4, -0.2) is 33.9 Å². The van der Waals surface area contributed by atoms with Crippen molar-refractivity contribution >= 4 is 5.91 Å². The topological polar surface area (TPSA) is 97.7 Å². The van der Waals surface area contributed by atoms with Gasteiger partial charge in [-0.15, -0.1) is 12.3 Å². The van der Waals surface area contributed by atoms with Gasteiger partial charge >= 0.3 is 0 Å². The Balaban J connectivity index is 1.73. The fourth-order valence-corrected chi connectivity index (χ4v) is 2.26. The van der Waals surface area contributed by atoms with Gasteiger partial charge in [0.1, 0.15) is 0 Å². The van der Waals surface area contributed by atoms with Crippen molar-refractivity contribution in [3.05, 3.63) is 17.5 Å². The molecule has 1 atom stereocenters. The maximum Gasteiger partial charge on any atom is 0.237 e. The van der Waals surface area contributed by atoms with Gasteiger partial charge in [0.2, 0.25) is 5.91 Å². The number of carbonyl (C=O) groups excluding carboxylic acids is 1. The van der Waals surface area contributed by atoms with Crippen molar-refractivity contribution in [2.45, 2.75) is 44.3 Å². The van der Waals surface area contributed by atoms with E-state index < -0.39 is 6.04 Å². The van der Waals surface area contributed by atoms with Crippen molar-refractivity contribution in [1.82, 2.24) is 15.1 Å². The molecule has 7 nitrogen and oxygen atoms in total. The van der Waals surface area contributed by atoms with Gasteiger partial charge < -0.3 is 11.1 Å². The predicted octanol–water partition coefficient (Wildman–Crippen LogP) is 0.680. The van der Waals surface area contributed by atoms with E-state index in [0.717, 1.165) is 17.7 Å². The summed E-state index contributed by atoms with van der Waals surface area (Å²) >= 11 is 0. The highest BCUT2D eigenvalue weighted by atomic mass is 16.2. The minimum atomic E-state index is -0.586. The minimum absolute atomic E-state index is 0.170. The number of aromatic nitrogens is 2. The van der Waals surface area contributed by atoms with E-state index in [1.807, 2.05) is 14.0 Å². The fraction of sp³-hybridized carbons (Fsp3) is 0.600. The maximum absolute atomic E-state index is 12.0. The molecule has 0 aliphatic carbocycles. The number of nitrogens with two attached hydrogens (primary N) is 1. The van der Waals surface area contributed by atoms with Crippen LogP contribution in [0, 0.1) is 19.3 Å². The molecule has 2 rings (SSSR count). The second-order valence-electron chi connectivity index (χ2n) is 5.62. The van der Waals surface area contributed by atoms with Crippen molar-refractivity contribution in [1.29, 1.82) is 0 Å². The highest BCUT2D eigenvalue weighted by Crippen LogP contribution is 2.35. The Bertz CT molecular complexity index is 606. The Labute approximate surface area is 130 Å². The van der Waals surface area contributed by atoms with Gasteiger partial charge in [-0.2, -0.15) is 15.3 Å². The molecule has 0 saturated carbocycles. The second-order valence-corrected chi connectivity index (χ2v) is 5.62. The first-order chi connectivity index (χ1) is 10.5. The van der Waals surface area contributed by atoms with Crippen molar-refractivity contribution < 1.29 is 4.79 Å². The zero-order valence-corrected chi connectivity index (χ0v) is 13.0. The summed E-state index contributed by atoms with van der Waals surface area (Å²) in [6.45, 7) is 2.45. The summed E-state index contributed by atoms with van der Waals surface area (Å²) in [5.41, 5.74) is 7.59. The molecule has 22 heavy (non-hydrogen) atoms. The van der Waals surface area contributed by atoms with Gasteiger partial charge in [0, 0.05) is 38.5 Å². The van der Waals surface area contributed by atoms with Gasteiger partial charge in [-0.1, -0.05) is 0 Å². The van der Waals surface area contributed by atoms with E-state index in [1.54, 1.807) is 10.9 Å². The molecular weight excluding hydrogens is 280 g/mol. The highest BCUT2D eigenvalue weighted by molar-refractivity contribution is 5.81. The first-order valence-corrected chi connectivity index (χ1v) is 7.36. The number of nitrogens with one attached hydrogen (secondary N) is 1. The number of terminal acetylenes is 1. The number of carbonyl (C=O) groups is 1. The summed E-state index contributed by atoms with van der Waals surface area (Å²) in [6, 6.07) is -0.586. The van der Waals surface area contributed by atoms with Crippen LogP contribution in [0.15, 0.2) is 16.4 Å². The first-order valence-electron chi connectivity index (χ1n) is 7.36. The molecule has 1 aromatic rings. The molecule has 0 aromatic carbocycles. The molecule has 7 heteroatoms. The SMILES string of the molecule is C#CCCC1(CCNC(=O)C(N)Cc2cnn(C)c2C)N=N1. The largest absolute Gasteiger partial charge is 0.355 e. The van der Waals surface area contributed by atoms with Gasteiger partial charge in [0.25, 0.3) is 0 Å². The van der Waals surface area contributed by atoms with Crippen LogP contribution in [0.3, 0.4) is 0 Å². The Kier molecular flexibility index (Phi) is 4.93. The van der Waals surface area contributed by atoms with E-state index >= 15 is 0 Å². The van der Waals surface area contributed by atoms with Crippen LogP contribution < -0.4 is 11.1 Å². The van der Waals surface area contributed by atoms with Gasteiger partial charge in [0.15, 0.2) is 5.66 Å². The average molecular weight is 302 g/mol. The lowest BCUT2D eigenvalue weighted by Gasteiger charge is -2.13. The van der Waals surface area contributed by atoms with Gasteiger partial charge in [0.05, 0.1) is 12.2 Å². The number of aryl methyl sites for hydroxylation is 1. The highest BCUT2D eigenvalue weighted by Gasteiger charge is 2.38. The summed E-state index contributed by atoms with van der Waals surface area (Å²) in [4.78, 5) is 12.0. The minimum Gasteiger partial charge on any atom is -0.355 e. The standard InChI is InChI=1S/C15H22N6O/c1-4-5-6-15(19-20-15)7-8-17-14(22)13(16)9-12-10-18-21(3)11(12)2/h1,10,13H,5-9,16H2,2-3H3,(H,17,22). The predicted molar refractivity (Wildman–Crippen MR) is 82.9 cm³/mol. The van der Waals surface area contributed by atoms with Crippen molar-refractivity contribution in [3.63, 3.8) is 0 Å². The zero-order valence-electron chi connectivity index (χ0n) is 13.0. The number of rotatable bonds is 8. The Morgan fingerprint density at radius 1 is 1.55 bits per heavy atom. The maximum atomic E-state index is 12.0. The molecule has 1 aromatic heterocycles. The summed E-state index contributed by atoms with van der Waals surface area (Å²) in [5.74, 6) is 2.41. The zero-order chi connectivity index (χ0) is 16.2. The first kappa shape index (κ1) is 16.2. The lowest BCUT2D eigenvalue weighted by molar-refractivity contribution is -0.122. The monoisotopic (exact) mass is 302 g/mol. The number of hydrogen-bond acceptors (Lipinski definition) is 5. The molecule has 1 aliphatic heterocycles. The van der Waals surface area contributed by atoms with Gasteiger partial charge in [-0.3, -0.25) is 9.48 Å². The van der Waals surface area contributed by atoms with E-state index in [2.05, 4.69) is 26.6 Å². The van der Waals surface area contributed by atoms with E-state index in [0.29, 0.717) is 25.8 Å². The number of hydrogen-bond donors (Lipinski definition) is 2. The van der Waals surface area contributed by atoms with Crippen LogP contribution in [0.5, 0.6) is 0 Å². The Morgan fingerprint density at radius 2 is 2.27 bits per heavy atom. The van der Waals surface area contributed by atoms with Crippen molar-refractivity contribution in [2.24, 2.45) is 23.0 Å². The molecule has 1 amide bonds. The molecule has 0 fully saturated rings. The number of amides is 1. The third kappa shape index (κ3) is 3.92. The lowest BCUT2D eigenvalue weighted by Crippen LogP contribution is -2.43. The molecule has 1 unspecified atom stereocenters. The van der Waals surface area contributed by atoms with E-state index in [9.17, 15) is 4.79 Å². The summed E-state index contributed by atoms with van der Waals surface area (Å²) < 4.78 is 1.77. The van der Waals surface area contributed by atoms with Gasteiger partial charge in [-0.05, 0) is 18.9 Å². The third-order valence-electron chi connectivity index (χ3n) is 3.99. The average Bonchev–Trinajstić information content (AvgIpc) is 3.21. The van der Waals surface area contributed by atoms with Crippen LogP contribution in [0.4, 0.5) is 0 Å². The quantitative estimate of drug-likeness (QED) is 0.691. The molecule has 2 heterocycles. The smallest absolute Gasteiger partial charge is 0.237 e. The van der Waals surface area contributed by atoms with Crippen LogP contribution in [0.1, 0.15) is 30.5 Å². The molecule has 0 saturated heterocycles. The van der Waals surface area contributed by atoms with Gasteiger partial charge in [-0.25, -0.2) is 0 Å². The molecule has 0 bridgehead atoms. The Morgan fingerprint density at radius 3 is 2.82 bits per heavy atom. The molecule has 3 N–H and O–H groups in total. The summed E-state index contributed by atoms with van der Waals surface area (Å²) in [5, 5.41) is 15.0. The van der Waals surface area contributed by atoms with Crippen molar-refractivity contribution in [3.8, 4) is 12.3 Å². The summed E-state index contributed by atoms with van der Waals surface area (Å²) in [6.07, 6.45) is 9.51. The molecule has 118 valence electrons. The van der Waals surface area contributed by atoms with E-state index in [1.165, 1.54) is 0 Å². The third-order valence-corrected chi connectivity index (χ3v) is 3.99. The summed E-state index contributed by atoms with van der Waals surface area (Å²) in [7, 11) is 1.86. The van der Waals surface area contributed by atoms with Crippen LogP contribution in [0.2, 0.25) is 0 Å². The van der Waals surface area contributed by atoms with Crippen LogP contribution >= 0.6 is 0 Å².